The van der Waals surface area contributed by atoms with E-state index in [1.165, 1.54) is 19.1 Å². The van der Waals surface area contributed by atoms with Gasteiger partial charge in [0.1, 0.15) is 5.82 Å². The largest absolute Gasteiger partial charge is 0.416 e. The number of alkyl halides is 6. The molecule has 1 aromatic heterocycles. The molecule has 0 bridgehead atoms. The number of ether oxygens (including phenoxy) is 1. The van der Waals surface area contributed by atoms with Crippen molar-refractivity contribution in [3.8, 4) is 0 Å². The highest BCUT2D eigenvalue weighted by molar-refractivity contribution is 5.79. The Bertz CT molecular complexity index is 1290. The third-order valence-electron chi connectivity index (χ3n) is 7.56. The van der Waals surface area contributed by atoms with Gasteiger partial charge in [-0.25, -0.2) is 4.39 Å². The fourth-order valence-electron chi connectivity index (χ4n) is 5.69. The molecule has 208 valence electrons. The van der Waals surface area contributed by atoms with E-state index < -0.39 is 47.4 Å². The van der Waals surface area contributed by atoms with Crippen molar-refractivity contribution in [1.82, 2.24) is 15.1 Å². The summed E-state index contributed by atoms with van der Waals surface area (Å²) < 4.78 is 100. The van der Waals surface area contributed by atoms with Gasteiger partial charge in [0.25, 0.3) is 0 Å². The second-order valence-corrected chi connectivity index (χ2v) is 10.0. The van der Waals surface area contributed by atoms with Crippen LogP contribution in [0.2, 0.25) is 0 Å². The second kappa shape index (κ2) is 9.96. The van der Waals surface area contributed by atoms with Crippen LogP contribution in [0.4, 0.5) is 30.7 Å². The highest BCUT2D eigenvalue weighted by Crippen LogP contribution is 2.46. The number of fused-ring (bicyclic) bond motifs is 1. The Kier molecular flexibility index (Phi) is 6.94. The zero-order valence-corrected chi connectivity index (χ0v) is 20.6. The molecule has 5 nitrogen and oxygen atoms in total. The number of halogens is 7. The molecule has 5 rings (SSSR count). The van der Waals surface area contributed by atoms with Crippen LogP contribution in [0.3, 0.4) is 0 Å². The number of hydrogen-bond acceptors (Lipinski definition) is 3. The Hall–Kier alpha value is -3.41. The Morgan fingerprint density at radius 2 is 1.64 bits per heavy atom. The van der Waals surface area contributed by atoms with E-state index in [4.69, 9.17) is 4.74 Å². The summed E-state index contributed by atoms with van der Waals surface area (Å²) in [5, 5.41) is 6.69. The second-order valence-electron chi connectivity index (χ2n) is 10.0. The molecule has 2 saturated heterocycles. The highest BCUT2D eigenvalue weighted by atomic mass is 19.4. The number of carbonyl (C=O) groups is 1. The van der Waals surface area contributed by atoms with E-state index >= 15 is 0 Å². The summed E-state index contributed by atoms with van der Waals surface area (Å²) in [5.74, 6) is -1.25. The molecule has 0 radical (unpaired) electrons. The Morgan fingerprint density at radius 1 is 1.00 bits per heavy atom. The Morgan fingerprint density at radius 3 is 2.21 bits per heavy atom. The highest BCUT2D eigenvalue weighted by Gasteiger charge is 2.49. The molecule has 4 unspecified atom stereocenters. The summed E-state index contributed by atoms with van der Waals surface area (Å²) in [6, 6.07) is 6.64. The van der Waals surface area contributed by atoms with Crippen LogP contribution in [0, 0.1) is 5.82 Å². The minimum Gasteiger partial charge on any atom is -0.368 e. The van der Waals surface area contributed by atoms with Gasteiger partial charge in [0.05, 0.1) is 29.5 Å². The first-order valence-electron chi connectivity index (χ1n) is 12.3. The number of aromatic nitrogens is 2. The van der Waals surface area contributed by atoms with E-state index in [1.807, 2.05) is 0 Å². The van der Waals surface area contributed by atoms with Crippen molar-refractivity contribution in [2.45, 2.75) is 62.2 Å². The van der Waals surface area contributed by atoms with Crippen molar-refractivity contribution >= 4 is 5.91 Å². The van der Waals surface area contributed by atoms with Gasteiger partial charge >= 0.3 is 12.4 Å². The van der Waals surface area contributed by atoms with Gasteiger partial charge in [-0.1, -0.05) is 12.1 Å². The van der Waals surface area contributed by atoms with Gasteiger partial charge in [-0.2, -0.15) is 31.4 Å². The first kappa shape index (κ1) is 27.2. The maximum absolute atomic E-state index is 13.7. The molecule has 39 heavy (non-hydrogen) atoms. The molecule has 0 aliphatic carbocycles. The molecular formula is C27H24F7N3O2. The van der Waals surface area contributed by atoms with Crippen molar-refractivity contribution in [3.05, 3.63) is 88.5 Å². The van der Waals surface area contributed by atoms with Crippen molar-refractivity contribution in [2.24, 2.45) is 0 Å². The number of carbonyl (C=O) groups excluding carboxylic acids is 1. The van der Waals surface area contributed by atoms with Gasteiger partial charge in [0.2, 0.25) is 5.91 Å². The molecule has 0 saturated carbocycles. The average Bonchev–Trinajstić information content (AvgIpc) is 3.52. The molecule has 5 atom stereocenters. The molecule has 2 aromatic carbocycles. The van der Waals surface area contributed by atoms with Crippen LogP contribution in [0.15, 0.2) is 54.9 Å². The van der Waals surface area contributed by atoms with Crippen LogP contribution < -0.4 is 0 Å². The molecule has 2 aliphatic heterocycles. The minimum atomic E-state index is -4.99. The van der Waals surface area contributed by atoms with Gasteiger partial charge in [0, 0.05) is 31.1 Å². The predicted molar refractivity (Wildman–Crippen MR) is 125 cm³/mol. The summed E-state index contributed by atoms with van der Waals surface area (Å²) in [6.07, 6.45) is -7.81. The zero-order valence-electron chi connectivity index (χ0n) is 20.6. The molecule has 2 fully saturated rings. The summed E-state index contributed by atoms with van der Waals surface area (Å²) in [7, 11) is 0. The summed E-state index contributed by atoms with van der Waals surface area (Å²) in [6.45, 7) is 1.48. The number of H-pyrrole nitrogens is 1. The monoisotopic (exact) mass is 555 g/mol. The van der Waals surface area contributed by atoms with Gasteiger partial charge in [0.15, 0.2) is 0 Å². The molecule has 12 heteroatoms. The fraction of sp³-hybridized carbons (Fsp3) is 0.407. The van der Waals surface area contributed by atoms with Gasteiger partial charge in [-0.05, 0) is 66.3 Å². The van der Waals surface area contributed by atoms with Crippen LogP contribution in [-0.2, 0) is 21.9 Å². The van der Waals surface area contributed by atoms with Crippen LogP contribution in [-0.4, -0.2) is 39.7 Å². The Balaban J connectivity index is 1.48. The van der Waals surface area contributed by atoms with Gasteiger partial charge in [-0.3, -0.25) is 9.89 Å². The lowest BCUT2D eigenvalue weighted by molar-refractivity contribution is -0.143. The maximum Gasteiger partial charge on any atom is 0.416 e. The minimum absolute atomic E-state index is 0.0715. The maximum atomic E-state index is 13.7. The van der Waals surface area contributed by atoms with E-state index in [-0.39, 0.29) is 42.5 Å². The van der Waals surface area contributed by atoms with Crippen molar-refractivity contribution < 1.29 is 40.3 Å². The van der Waals surface area contributed by atoms with Crippen LogP contribution in [0.1, 0.15) is 65.5 Å². The first-order valence-corrected chi connectivity index (χ1v) is 12.3. The van der Waals surface area contributed by atoms with Gasteiger partial charge in [-0.15, -0.1) is 0 Å². The number of benzene rings is 2. The van der Waals surface area contributed by atoms with Crippen LogP contribution in [0.5, 0.6) is 0 Å². The molecule has 3 aromatic rings. The SMILES string of the molecule is CC(O[C@H]1CN2C(=O)CC(c3cn[nH]c3)CC2C1c1ccc(F)cc1)c1cc(C(F)(F)F)cc(C(F)(F)F)c1. The predicted octanol–water partition coefficient (Wildman–Crippen LogP) is 6.60. The molecule has 0 spiro atoms. The summed E-state index contributed by atoms with van der Waals surface area (Å²) in [5.41, 5.74) is -1.65. The molecule has 1 N–H and O–H groups in total. The Labute approximate surface area is 219 Å². The standard InChI is InChI=1S/C27H24F7N3O2/c1-14(16-6-19(26(29,30)31)10-20(7-16)27(32,33)34)39-23-13-37-22(25(23)15-2-4-21(28)5-3-15)8-17(9-24(37)38)18-11-35-36-12-18/h2-7,10-12,14,17,22-23,25H,8-9,13H2,1H3,(H,35,36)/t14?,17?,22?,23-,25?/m0/s1. The van der Waals surface area contributed by atoms with Gasteiger partial charge < -0.3 is 9.64 Å². The van der Waals surface area contributed by atoms with E-state index in [2.05, 4.69) is 10.2 Å². The zero-order chi connectivity index (χ0) is 28.1. The van der Waals surface area contributed by atoms with E-state index in [0.717, 1.165) is 5.56 Å². The lowest BCUT2D eigenvalue weighted by atomic mass is 9.80. The topological polar surface area (TPSA) is 58.2 Å². The number of amides is 1. The van der Waals surface area contributed by atoms with Crippen LogP contribution in [0.25, 0.3) is 0 Å². The lowest BCUT2D eigenvalue weighted by Gasteiger charge is -2.36. The third kappa shape index (κ3) is 5.52. The van der Waals surface area contributed by atoms with E-state index in [1.54, 1.807) is 29.4 Å². The number of piperidine rings is 1. The third-order valence-corrected chi connectivity index (χ3v) is 7.56. The number of nitrogens with zero attached hydrogens (tertiary/aromatic N) is 2. The number of rotatable bonds is 5. The smallest absolute Gasteiger partial charge is 0.368 e. The number of aromatic amines is 1. The van der Waals surface area contributed by atoms with E-state index in [9.17, 15) is 35.5 Å². The fourth-order valence-corrected chi connectivity index (χ4v) is 5.69. The van der Waals surface area contributed by atoms with Crippen molar-refractivity contribution in [2.75, 3.05) is 6.54 Å². The first-order chi connectivity index (χ1) is 18.3. The number of hydrogen-bond donors (Lipinski definition) is 1. The van der Waals surface area contributed by atoms with Crippen LogP contribution >= 0.6 is 0 Å². The molecule has 3 heterocycles. The normalized spacial score (nSPS) is 24.6. The summed E-state index contributed by atoms with van der Waals surface area (Å²) >= 11 is 0. The number of nitrogens with one attached hydrogen (secondary N) is 1. The lowest BCUT2D eigenvalue weighted by Crippen LogP contribution is -2.43. The summed E-state index contributed by atoms with van der Waals surface area (Å²) in [4.78, 5) is 14.8. The quantitative estimate of drug-likeness (QED) is 0.361. The molecule has 2 aliphatic rings. The van der Waals surface area contributed by atoms with E-state index in [0.29, 0.717) is 24.1 Å². The average molecular weight is 555 g/mol. The molecule has 1 amide bonds. The van der Waals surface area contributed by atoms with Crippen molar-refractivity contribution in [3.63, 3.8) is 0 Å². The van der Waals surface area contributed by atoms with Crippen molar-refractivity contribution in [1.29, 1.82) is 0 Å². The molecular weight excluding hydrogens is 531 g/mol.